The average molecular weight is 321 g/mol. The van der Waals surface area contributed by atoms with Gasteiger partial charge in [-0.25, -0.2) is 0 Å². The van der Waals surface area contributed by atoms with Crippen LogP contribution in [-0.4, -0.2) is 26.3 Å². The lowest BCUT2D eigenvalue weighted by Crippen LogP contribution is -2.35. The molecule has 0 atom stereocenters. The van der Waals surface area contributed by atoms with Crippen molar-refractivity contribution in [3.63, 3.8) is 0 Å². The minimum absolute atomic E-state index is 0.114. The van der Waals surface area contributed by atoms with E-state index in [0.29, 0.717) is 0 Å². The number of nitrogens with zero attached hydrogens (tertiary/aromatic N) is 3. The Balaban J connectivity index is 1.78. The first-order valence-corrected chi connectivity index (χ1v) is 8.16. The van der Waals surface area contributed by atoms with Crippen molar-refractivity contribution in [3.05, 3.63) is 47.5 Å². The number of nitriles is 2. The fourth-order valence-corrected chi connectivity index (χ4v) is 3.50. The lowest BCUT2D eigenvalue weighted by Gasteiger charge is -2.27. The topological polar surface area (TPSA) is 60.0 Å². The summed E-state index contributed by atoms with van der Waals surface area (Å²) in [5, 5.41) is 18.9. The summed E-state index contributed by atoms with van der Waals surface area (Å²) >= 11 is 1.77. The van der Waals surface area contributed by atoms with Crippen molar-refractivity contribution in [2.75, 3.05) is 31.2 Å². The molecule has 5 heteroatoms. The number of allylic oxidation sites excluding steroid dienone is 1. The number of morpholine rings is 1. The number of ether oxygens (including phenoxy) is 1. The summed E-state index contributed by atoms with van der Waals surface area (Å²) in [6.45, 7) is 3.45. The molecule has 0 aliphatic carbocycles. The molecule has 0 amide bonds. The first-order valence-electron chi connectivity index (χ1n) is 7.35. The third-order valence-electron chi connectivity index (χ3n) is 3.66. The molecule has 1 aromatic heterocycles. The molecular weight excluding hydrogens is 306 g/mol. The van der Waals surface area contributed by atoms with Crippen LogP contribution in [0.2, 0.25) is 0 Å². The lowest BCUT2D eigenvalue weighted by atomic mass is 10.1. The van der Waals surface area contributed by atoms with Gasteiger partial charge in [-0.05, 0) is 29.3 Å². The lowest BCUT2D eigenvalue weighted by molar-refractivity contribution is 0.123. The van der Waals surface area contributed by atoms with Crippen LogP contribution in [0.3, 0.4) is 0 Å². The Morgan fingerprint density at radius 1 is 1.04 bits per heavy atom. The number of thiophene rings is 1. The summed E-state index contributed by atoms with van der Waals surface area (Å²) in [5.74, 6) is 0. The second-order valence-electron chi connectivity index (χ2n) is 5.14. The summed E-state index contributed by atoms with van der Waals surface area (Å²) < 4.78 is 5.39. The van der Waals surface area contributed by atoms with Crippen LogP contribution >= 0.6 is 11.3 Å². The van der Waals surface area contributed by atoms with Crippen molar-refractivity contribution < 1.29 is 4.74 Å². The summed E-state index contributed by atoms with van der Waals surface area (Å²) in [6, 6.07) is 15.9. The average Bonchev–Trinajstić information content (AvgIpc) is 3.11. The molecular formula is C18H15N3OS. The van der Waals surface area contributed by atoms with Gasteiger partial charge in [-0.3, -0.25) is 0 Å². The standard InChI is InChI=1S/C18H15N3OS/c19-12-15(13-20)11-14-1-3-16(4-2-14)17-5-6-18(23-17)21-7-9-22-10-8-21/h1-6,11H,7-10H2. The number of hydrogen-bond donors (Lipinski definition) is 0. The first kappa shape index (κ1) is 15.3. The highest BCUT2D eigenvalue weighted by atomic mass is 32.1. The minimum Gasteiger partial charge on any atom is -0.378 e. The van der Waals surface area contributed by atoms with Gasteiger partial charge < -0.3 is 9.64 Å². The SMILES string of the molecule is N#CC(C#N)=Cc1ccc(-c2ccc(N3CCOCC3)s2)cc1. The van der Waals surface area contributed by atoms with E-state index < -0.39 is 0 Å². The normalized spacial score (nSPS) is 13.9. The van der Waals surface area contributed by atoms with E-state index in [9.17, 15) is 0 Å². The van der Waals surface area contributed by atoms with E-state index >= 15 is 0 Å². The maximum Gasteiger partial charge on any atom is 0.130 e. The molecule has 1 aliphatic heterocycles. The second kappa shape index (κ2) is 7.11. The van der Waals surface area contributed by atoms with Crippen molar-refractivity contribution in [1.82, 2.24) is 0 Å². The summed E-state index contributed by atoms with van der Waals surface area (Å²) in [6.07, 6.45) is 1.59. The highest BCUT2D eigenvalue weighted by molar-refractivity contribution is 7.19. The first-order chi connectivity index (χ1) is 11.3. The van der Waals surface area contributed by atoms with Gasteiger partial charge in [0.15, 0.2) is 0 Å². The van der Waals surface area contributed by atoms with Gasteiger partial charge >= 0.3 is 0 Å². The molecule has 114 valence electrons. The van der Waals surface area contributed by atoms with Gasteiger partial charge in [0.05, 0.1) is 18.2 Å². The van der Waals surface area contributed by atoms with Crippen LogP contribution in [0.15, 0.2) is 42.0 Å². The van der Waals surface area contributed by atoms with Crippen LogP contribution in [0.5, 0.6) is 0 Å². The molecule has 0 bridgehead atoms. The molecule has 1 fully saturated rings. The maximum atomic E-state index is 8.79. The third-order valence-corrected chi connectivity index (χ3v) is 4.86. The molecule has 23 heavy (non-hydrogen) atoms. The predicted octanol–water partition coefficient (Wildman–Crippen LogP) is 3.68. The van der Waals surface area contributed by atoms with Gasteiger partial charge in [0.1, 0.15) is 17.7 Å². The molecule has 2 aromatic rings. The van der Waals surface area contributed by atoms with Gasteiger partial charge in [0.25, 0.3) is 0 Å². The van der Waals surface area contributed by atoms with E-state index in [1.54, 1.807) is 17.4 Å². The van der Waals surface area contributed by atoms with Crippen LogP contribution in [-0.2, 0) is 4.74 Å². The van der Waals surface area contributed by atoms with Gasteiger partial charge in [0, 0.05) is 18.0 Å². The maximum absolute atomic E-state index is 8.79. The Labute approximate surface area is 139 Å². The van der Waals surface area contributed by atoms with Gasteiger partial charge in [-0.1, -0.05) is 24.3 Å². The van der Waals surface area contributed by atoms with E-state index in [2.05, 4.69) is 17.0 Å². The molecule has 0 N–H and O–H groups in total. The minimum atomic E-state index is 0.114. The zero-order valence-electron chi connectivity index (χ0n) is 12.5. The summed E-state index contributed by atoms with van der Waals surface area (Å²) in [7, 11) is 0. The van der Waals surface area contributed by atoms with Crippen LogP contribution in [0.25, 0.3) is 16.5 Å². The Kier molecular flexibility index (Phi) is 4.73. The third kappa shape index (κ3) is 3.60. The molecule has 1 saturated heterocycles. The second-order valence-corrected chi connectivity index (χ2v) is 6.20. The molecule has 0 radical (unpaired) electrons. The molecule has 1 aromatic carbocycles. The largest absolute Gasteiger partial charge is 0.378 e. The van der Waals surface area contributed by atoms with Crippen LogP contribution < -0.4 is 4.90 Å². The number of benzene rings is 1. The number of hydrogen-bond acceptors (Lipinski definition) is 5. The zero-order chi connectivity index (χ0) is 16.1. The van der Waals surface area contributed by atoms with Crippen molar-refractivity contribution >= 4 is 22.4 Å². The summed E-state index contributed by atoms with van der Waals surface area (Å²) in [4.78, 5) is 3.56. The van der Waals surface area contributed by atoms with Crippen molar-refractivity contribution in [3.8, 4) is 22.6 Å². The van der Waals surface area contributed by atoms with Crippen molar-refractivity contribution in [1.29, 1.82) is 10.5 Å². The van der Waals surface area contributed by atoms with Gasteiger partial charge in [-0.2, -0.15) is 10.5 Å². The summed E-state index contributed by atoms with van der Waals surface area (Å²) in [5.41, 5.74) is 2.11. The van der Waals surface area contributed by atoms with E-state index in [4.69, 9.17) is 15.3 Å². The van der Waals surface area contributed by atoms with Gasteiger partial charge in [0.2, 0.25) is 0 Å². The Bertz CT molecular complexity index is 771. The Hall–Kier alpha value is -2.60. The van der Waals surface area contributed by atoms with Crippen LogP contribution in [0, 0.1) is 22.7 Å². The molecule has 2 heterocycles. The number of anilines is 1. The Morgan fingerprint density at radius 3 is 2.39 bits per heavy atom. The Morgan fingerprint density at radius 2 is 1.74 bits per heavy atom. The number of rotatable bonds is 3. The van der Waals surface area contributed by atoms with Crippen molar-refractivity contribution in [2.45, 2.75) is 0 Å². The molecule has 4 nitrogen and oxygen atoms in total. The van der Waals surface area contributed by atoms with Crippen molar-refractivity contribution in [2.24, 2.45) is 0 Å². The molecule has 0 spiro atoms. The predicted molar refractivity (Wildman–Crippen MR) is 92.0 cm³/mol. The molecule has 0 unspecified atom stereocenters. The van der Waals surface area contributed by atoms with E-state index in [-0.39, 0.29) is 5.57 Å². The van der Waals surface area contributed by atoms with Gasteiger partial charge in [-0.15, -0.1) is 11.3 Å². The molecule has 3 rings (SSSR count). The van der Waals surface area contributed by atoms with Crippen LogP contribution in [0.4, 0.5) is 5.00 Å². The monoisotopic (exact) mass is 321 g/mol. The zero-order valence-corrected chi connectivity index (χ0v) is 13.3. The van der Waals surface area contributed by atoms with E-state index in [0.717, 1.165) is 37.4 Å². The molecule has 1 aliphatic rings. The molecule has 0 saturated carbocycles. The van der Waals surface area contributed by atoms with E-state index in [1.807, 2.05) is 36.4 Å². The highest BCUT2D eigenvalue weighted by Gasteiger charge is 2.13. The van der Waals surface area contributed by atoms with Crippen LogP contribution in [0.1, 0.15) is 5.56 Å². The smallest absolute Gasteiger partial charge is 0.130 e. The quantitative estimate of drug-likeness (QED) is 0.809. The fourth-order valence-electron chi connectivity index (χ4n) is 2.44. The highest BCUT2D eigenvalue weighted by Crippen LogP contribution is 2.34. The fraction of sp³-hybridized carbons (Fsp3) is 0.222. The van der Waals surface area contributed by atoms with E-state index in [1.165, 1.54) is 9.88 Å².